The lowest BCUT2D eigenvalue weighted by molar-refractivity contribution is 0.0417. The summed E-state index contributed by atoms with van der Waals surface area (Å²) in [5, 5.41) is 21.6. The fraction of sp³-hybridized carbons (Fsp3) is 0.176. The normalized spacial score (nSPS) is 15.1. The van der Waals surface area contributed by atoms with Gasteiger partial charge in [0.15, 0.2) is 0 Å². The first kappa shape index (κ1) is 14.9. The largest absolute Gasteiger partial charge is 0.506 e. The summed E-state index contributed by atoms with van der Waals surface area (Å²) in [6.07, 6.45) is -0.650. The summed E-state index contributed by atoms with van der Waals surface area (Å²) in [5.74, 6) is -0.690. The van der Waals surface area contributed by atoms with E-state index in [2.05, 4.69) is 5.32 Å². The zero-order valence-corrected chi connectivity index (χ0v) is 12.5. The van der Waals surface area contributed by atoms with Gasteiger partial charge >= 0.3 is 6.09 Å². The molecule has 0 spiro atoms. The molecule has 0 saturated carbocycles. The zero-order valence-electron chi connectivity index (χ0n) is 12.5. The Morgan fingerprint density at radius 1 is 1.22 bits per heavy atom. The van der Waals surface area contributed by atoms with Crippen LogP contribution in [-0.4, -0.2) is 11.2 Å². The van der Waals surface area contributed by atoms with Crippen molar-refractivity contribution in [3.05, 3.63) is 47.3 Å². The van der Waals surface area contributed by atoms with E-state index in [0.717, 1.165) is 6.07 Å². The van der Waals surface area contributed by atoms with Crippen molar-refractivity contribution in [2.75, 3.05) is 5.32 Å². The number of nitriles is 1. The van der Waals surface area contributed by atoms with Crippen LogP contribution in [0.3, 0.4) is 0 Å². The van der Waals surface area contributed by atoms with Gasteiger partial charge in [-0.2, -0.15) is 5.26 Å². The van der Waals surface area contributed by atoms with Gasteiger partial charge < -0.3 is 9.84 Å². The van der Waals surface area contributed by atoms with Crippen molar-refractivity contribution in [3.8, 4) is 22.9 Å². The van der Waals surface area contributed by atoms with Gasteiger partial charge in [0, 0.05) is 5.56 Å². The van der Waals surface area contributed by atoms with E-state index in [4.69, 9.17) is 10.00 Å². The molecule has 0 saturated heterocycles. The third kappa shape index (κ3) is 2.57. The van der Waals surface area contributed by atoms with Crippen molar-refractivity contribution < 1.29 is 19.0 Å². The predicted octanol–water partition coefficient (Wildman–Crippen LogP) is 3.87. The number of halogens is 1. The van der Waals surface area contributed by atoms with Crippen molar-refractivity contribution in [2.45, 2.75) is 19.4 Å². The number of hydrogen-bond acceptors (Lipinski definition) is 4. The van der Waals surface area contributed by atoms with Gasteiger partial charge in [-0.3, -0.25) is 5.32 Å². The molecule has 23 heavy (non-hydrogen) atoms. The van der Waals surface area contributed by atoms with Crippen LogP contribution in [0.25, 0.3) is 11.1 Å². The van der Waals surface area contributed by atoms with Crippen molar-refractivity contribution in [3.63, 3.8) is 0 Å². The Bertz CT molecular complexity index is 869. The lowest BCUT2D eigenvalue weighted by Gasteiger charge is -2.33. The number of nitrogens with one attached hydrogen (secondary N) is 1. The highest BCUT2D eigenvalue weighted by Gasteiger charge is 2.35. The highest BCUT2D eigenvalue weighted by molar-refractivity contribution is 5.92. The number of hydrogen-bond donors (Lipinski definition) is 2. The van der Waals surface area contributed by atoms with Crippen LogP contribution in [0.1, 0.15) is 25.0 Å². The Kier molecular flexibility index (Phi) is 3.22. The minimum atomic E-state index is -0.948. The summed E-state index contributed by atoms with van der Waals surface area (Å²) in [7, 11) is 0. The Balaban J connectivity index is 2.21. The number of rotatable bonds is 1. The van der Waals surface area contributed by atoms with Crippen LogP contribution in [0.4, 0.5) is 14.9 Å². The number of ether oxygens (including phenoxy) is 1. The molecule has 6 heteroatoms. The second-order valence-corrected chi connectivity index (χ2v) is 5.78. The molecule has 0 atom stereocenters. The van der Waals surface area contributed by atoms with Crippen LogP contribution in [0.2, 0.25) is 0 Å². The number of phenols is 1. The predicted molar refractivity (Wildman–Crippen MR) is 81.3 cm³/mol. The van der Waals surface area contributed by atoms with E-state index < -0.39 is 17.5 Å². The number of fused-ring (bicyclic) bond motifs is 1. The topological polar surface area (TPSA) is 82.3 Å². The van der Waals surface area contributed by atoms with E-state index in [-0.39, 0.29) is 17.0 Å². The number of amides is 1. The molecular formula is C17H13FN2O3. The number of cyclic esters (lactones) is 1. The quantitative estimate of drug-likeness (QED) is 0.783. The van der Waals surface area contributed by atoms with Gasteiger partial charge in [-0.1, -0.05) is 0 Å². The third-order valence-corrected chi connectivity index (χ3v) is 3.70. The molecule has 0 aromatic heterocycles. The first-order chi connectivity index (χ1) is 10.8. The average Bonchev–Trinajstić information content (AvgIpc) is 2.46. The summed E-state index contributed by atoms with van der Waals surface area (Å²) >= 11 is 0. The smallest absolute Gasteiger partial charge is 0.412 e. The summed E-state index contributed by atoms with van der Waals surface area (Å²) < 4.78 is 18.9. The maximum atomic E-state index is 13.6. The van der Waals surface area contributed by atoms with Crippen LogP contribution in [0, 0.1) is 17.1 Å². The lowest BCUT2D eigenvalue weighted by atomic mass is 9.90. The van der Waals surface area contributed by atoms with Crippen LogP contribution in [-0.2, 0) is 10.3 Å². The van der Waals surface area contributed by atoms with E-state index in [1.54, 1.807) is 19.9 Å². The van der Waals surface area contributed by atoms with Gasteiger partial charge in [0.05, 0.1) is 17.3 Å². The van der Waals surface area contributed by atoms with Crippen molar-refractivity contribution >= 4 is 11.8 Å². The molecule has 0 aliphatic carbocycles. The third-order valence-electron chi connectivity index (χ3n) is 3.70. The molecule has 1 heterocycles. The number of carbonyl (C=O) groups is 1. The van der Waals surface area contributed by atoms with E-state index in [1.807, 2.05) is 6.07 Å². The minimum absolute atomic E-state index is 0.148. The Hall–Kier alpha value is -3.07. The Labute approximate surface area is 131 Å². The van der Waals surface area contributed by atoms with Gasteiger partial charge in [0.25, 0.3) is 0 Å². The maximum absolute atomic E-state index is 13.6. The highest BCUT2D eigenvalue weighted by Crippen LogP contribution is 2.43. The number of benzene rings is 2. The SMILES string of the molecule is CC1(C)OC(=O)Nc2c(O)cc(-c3cc(F)cc(C#N)c3)cc21. The number of anilines is 1. The van der Waals surface area contributed by atoms with Crippen LogP contribution in [0.5, 0.6) is 5.75 Å². The van der Waals surface area contributed by atoms with Crippen LogP contribution in [0.15, 0.2) is 30.3 Å². The monoisotopic (exact) mass is 312 g/mol. The van der Waals surface area contributed by atoms with E-state index in [0.29, 0.717) is 16.7 Å². The molecule has 0 bridgehead atoms. The molecule has 0 radical (unpaired) electrons. The average molecular weight is 312 g/mol. The van der Waals surface area contributed by atoms with Crippen LogP contribution < -0.4 is 5.32 Å². The number of carbonyl (C=O) groups excluding carboxylic acids is 1. The van der Waals surface area contributed by atoms with E-state index in [1.165, 1.54) is 18.2 Å². The molecule has 1 aliphatic heterocycles. The van der Waals surface area contributed by atoms with Crippen molar-refractivity contribution in [2.24, 2.45) is 0 Å². The molecule has 1 aliphatic rings. The highest BCUT2D eigenvalue weighted by atomic mass is 19.1. The molecule has 2 aromatic rings. The van der Waals surface area contributed by atoms with Gasteiger partial charge in [-0.15, -0.1) is 0 Å². The summed E-state index contributed by atoms with van der Waals surface area (Å²) in [6.45, 7) is 3.39. The Morgan fingerprint density at radius 3 is 2.61 bits per heavy atom. The van der Waals surface area contributed by atoms with Crippen molar-refractivity contribution in [1.29, 1.82) is 5.26 Å². The van der Waals surface area contributed by atoms with Gasteiger partial charge in [-0.05, 0) is 55.3 Å². The Morgan fingerprint density at radius 2 is 1.91 bits per heavy atom. The fourth-order valence-corrected chi connectivity index (χ4v) is 2.63. The summed E-state index contributed by atoms with van der Waals surface area (Å²) in [6, 6.07) is 8.94. The van der Waals surface area contributed by atoms with Gasteiger partial charge in [0.2, 0.25) is 0 Å². The molecule has 2 N–H and O–H groups in total. The lowest BCUT2D eigenvalue weighted by Crippen LogP contribution is -2.34. The standard InChI is InChI=1S/C17H13FN2O3/c1-17(2)13-6-11(7-14(21)15(13)20-16(22)23-17)10-3-9(8-19)4-12(18)5-10/h3-7,21H,1-2H3,(H,20,22). The molecule has 5 nitrogen and oxygen atoms in total. The maximum Gasteiger partial charge on any atom is 0.412 e. The first-order valence-corrected chi connectivity index (χ1v) is 6.89. The number of aromatic hydroxyl groups is 1. The number of phenolic OH excluding ortho intramolecular Hbond substituents is 1. The molecule has 3 rings (SSSR count). The van der Waals surface area contributed by atoms with Gasteiger partial charge in [-0.25, -0.2) is 9.18 Å². The van der Waals surface area contributed by atoms with Gasteiger partial charge in [0.1, 0.15) is 17.2 Å². The van der Waals surface area contributed by atoms with E-state index in [9.17, 15) is 14.3 Å². The molecule has 0 fully saturated rings. The van der Waals surface area contributed by atoms with Crippen LogP contribution >= 0.6 is 0 Å². The number of nitrogens with zero attached hydrogens (tertiary/aromatic N) is 1. The summed E-state index contributed by atoms with van der Waals surface area (Å²) in [5.41, 5.74) is 1.04. The van der Waals surface area contributed by atoms with E-state index >= 15 is 0 Å². The molecule has 116 valence electrons. The summed E-state index contributed by atoms with van der Waals surface area (Å²) in [4.78, 5) is 11.5. The molecule has 2 aromatic carbocycles. The second-order valence-electron chi connectivity index (χ2n) is 5.78. The first-order valence-electron chi connectivity index (χ1n) is 6.89. The molecule has 1 amide bonds. The molecule has 0 unspecified atom stereocenters. The zero-order chi connectivity index (χ0) is 16.8. The fourth-order valence-electron chi connectivity index (χ4n) is 2.63. The van der Waals surface area contributed by atoms with Crippen molar-refractivity contribution in [1.82, 2.24) is 0 Å². The minimum Gasteiger partial charge on any atom is -0.506 e. The second kappa shape index (κ2) is 4.99. The molecular weight excluding hydrogens is 299 g/mol.